The first-order valence-corrected chi connectivity index (χ1v) is 49.6. The van der Waals surface area contributed by atoms with Gasteiger partial charge in [-0.05, 0) is 114 Å². The van der Waals surface area contributed by atoms with Gasteiger partial charge in [-0.15, -0.1) is 124 Å². The molecule has 0 aliphatic heterocycles. The standard InChI is InChI=1S/C51H41N3O.C45H29N3O.C39H25N3O.3Pt/c1-34(2)41-24-16-25-42(35(3)4)49(41)47-33-53-50-45-32-39(28-29-43(45)44-23-11-12-26-46(44)54(47)50)51(36-17-7-5-8-18-36,37-19-9-6-10-20-37)38-21-15-22-40(31-38)55-48-27-13-14-30-52-48;1-4-15-32(16-5-1)42-31-47-44-40-30-36(26-27-38(40)39-23-10-11-24-41(39)48(42)44)45(33-17-6-2-7-18-33,34-19-8-3-9-20-34)35-21-14-22-37(29-35)49-43-25-12-13-28-46-43;1-3-12-28(13-4-1)39(29-14-5-2-6-15-29,30-16-11-17-32(26-30)43-37-20-9-10-23-40-37)31-21-22-33-34-18-7-8-19-36(34)42-25-24-41-38(42)35(33)27-31;;;/h5-30,33-35H,1-4H3;1-28,31H;1-25H;;;/q3*-2;3*+2. The second-order valence-corrected chi connectivity index (χ2v) is 37.3. The van der Waals surface area contributed by atoms with Gasteiger partial charge in [-0.3, -0.25) is 15.0 Å². The summed E-state index contributed by atoms with van der Waals surface area (Å²) in [4.78, 5) is 28.3. The van der Waals surface area contributed by atoms with Gasteiger partial charge in [0, 0.05) is 117 Å². The van der Waals surface area contributed by atoms with Crippen molar-refractivity contribution in [3.63, 3.8) is 0 Å². The number of fused-ring (bicyclic) bond motifs is 18. The summed E-state index contributed by atoms with van der Waals surface area (Å²) >= 11 is 0. The van der Waals surface area contributed by atoms with Crippen molar-refractivity contribution in [2.24, 2.45) is 0 Å². The molecule has 0 spiro atoms. The second-order valence-electron chi connectivity index (χ2n) is 37.3. The quantitative estimate of drug-likeness (QED) is 0.0371. The fourth-order valence-corrected chi connectivity index (χ4v) is 21.8. The molecule has 0 saturated heterocycles. The van der Waals surface area contributed by atoms with E-state index >= 15 is 0 Å². The van der Waals surface area contributed by atoms with Crippen LogP contribution >= 0.6 is 0 Å². The van der Waals surface area contributed by atoms with Gasteiger partial charge < -0.3 is 27.4 Å². The van der Waals surface area contributed by atoms with Crippen molar-refractivity contribution in [2.45, 2.75) is 55.8 Å². The van der Waals surface area contributed by atoms with Crippen LogP contribution in [0.3, 0.4) is 0 Å². The Balaban J connectivity index is 0.000000131. The van der Waals surface area contributed by atoms with Gasteiger partial charge in [-0.1, -0.05) is 363 Å². The molecular weight excluding hydrogens is 2380 g/mol. The zero-order valence-corrected chi connectivity index (χ0v) is 88.9. The predicted octanol–water partition coefficient (Wildman–Crippen LogP) is 32.0. The molecule has 26 rings (SSSR count). The van der Waals surface area contributed by atoms with Gasteiger partial charge >= 0.3 is 63.2 Å². The maximum atomic E-state index is 6.31. The van der Waals surface area contributed by atoms with Crippen molar-refractivity contribution in [2.75, 3.05) is 0 Å². The minimum absolute atomic E-state index is 0. The molecule has 0 aliphatic rings. The first-order valence-electron chi connectivity index (χ1n) is 49.6. The Labute approximate surface area is 914 Å². The topological polar surface area (TPSA) is 118 Å². The normalized spacial score (nSPS) is 11.6. The number of rotatable bonds is 22. The molecule has 26 aromatic rings. The van der Waals surface area contributed by atoms with Crippen molar-refractivity contribution in [3.05, 3.63) is 607 Å². The van der Waals surface area contributed by atoms with Crippen molar-refractivity contribution in [3.8, 4) is 57.4 Å². The van der Waals surface area contributed by atoms with Gasteiger partial charge in [0.2, 0.25) is 17.6 Å². The average molecular weight is 2480 g/mol. The number of benzene rings is 17. The van der Waals surface area contributed by atoms with Crippen LogP contribution < -0.4 is 14.2 Å². The van der Waals surface area contributed by atoms with Crippen LogP contribution in [0.2, 0.25) is 0 Å². The van der Waals surface area contributed by atoms with E-state index in [-0.39, 0.29) is 63.2 Å². The minimum atomic E-state index is -0.812. The molecule has 17 aromatic carbocycles. The van der Waals surface area contributed by atoms with Gasteiger partial charge in [-0.2, -0.15) is 36.4 Å². The van der Waals surface area contributed by atoms with Crippen LogP contribution in [0.5, 0.6) is 34.9 Å². The number of hydrogen-bond donors (Lipinski definition) is 0. The second kappa shape index (κ2) is 43.4. The van der Waals surface area contributed by atoms with E-state index in [2.05, 4.69) is 438 Å². The summed E-state index contributed by atoms with van der Waals surface area (Å²) in [6, 6.07) is 178. The van der Waals surface area contributed by atoms with Crippen molar-refractivity contribution in [1.82, 2.24) is 43.1 Å². The molecule has 0 atom stereocenters. The Bertz CT molecular complexity index is 9130. The Hall–Kier alpha value is -16.7. The van der Waals surface area contributed by atoms with Gasteiger partial charge in [0.15, 0.2) is 0 Å². The first kappa shape index (κ1) is 99.3. The third-order valence-electron chi connectivity index (χ3n) is 28.2. The van der Waals surface area contributed by atoms with E-state index in [0.29, 0.717) is 46.7 Å². The van der Waals surface area contributed by atoms with E-state index in [1.54, 1.807) is 18.6 Å². The number of nitrogens with zero attached hydrogens (tertiary/aromatic N) is 9. The fraction of sp³-hybridized carbons (Fsp3) is 0.0667. The Kier molecular flexibility index (Phi) is 28.7. The molecule has 9 aromatic heterocycles. The fourth-order valence-electron chi connectivity index (χ4n) is 21.8. The van der Waals surface area contributed by atoms with Crippen LogP contribution in [0.15, 0.2) is 492 Å². The molecule has 0 aliphatic carbocycles. The summed E-state index contributed by atoms with van der Waals surface area (Å²) < 4.78 is 25.5. The third-order valence-corrected chi connectivity index (χ3v) is 28.2. The van der Waals surface area contributed by atoms with E-state index in [0.717, 1.165) is 166 Å². The zero-order chi connectivity index (χ0) is 98.8. The van der Waals surface area contributed by atoms with E-state index in [1.165, 1.54) is 16.7 Å². The van der Waals surface area contributed by atoms with E-state index in [9.17, 15) is 0 Å². The SMILES string of the molecule is CC(C)c1cccc(C(C)C)c1-c1cnc2c3[c-]c(C(c4[c-]c(Oc5ccccn5)ccc4)(c4ccccc4)c4ccccc4)ccc3c3ccccc3n12.[Pt+2].[Pt+2].[Pt+2].[c-]1c(Oc2ccccn2)cccc1C(c1[c-]c2c(cc1)c1ccccc1n1c(-c3ccccc3)cnc21)(c1ccccc1)c1ccccc1.[c-]1c(Oc2ccccn2)cccc1C(c1[c-]c2c(cc1)c1ccccc1n1ccnc21)(c1ccccc1)c1ccccc1. The van der Waals surface area contributed by atoms with E-state index in [4.69, 9.17) is 29.2 Å². The molecule has 728 valence electrons. The molecule has 0 saturated carbocycles. The van der Waals surface area contributed by atoms with Crippen LogP contribution in [-0.2, 0) is 79.4 Å². The van der Waals surface area contributed by atoms with Gasteiger partial charge in [0.05, 0.1) is 28.3 Å². The van der Waals surface area contributed by atoms with Crippen LogP contribution in [0, 0.1) is 36.4 Å². The molecule has 0 radical (unpaired) electrons. The summed E-state index contributed by atoms with van der Waals surface area (Å²) in [5.41, 5.74) is 23.1. The Morgan fingerprint density at radius 3 is 0.873 bits per heavy atom. The smallest absolute Gasteiger partial charge is 0.466 e. The minimum Gasteiger partial charge on any atom is -0.466 e. The maximum Gasteiger partial charge on any atom is 2.00 e. The van der Waals surface area contributed by atoms with Crippen molar-refractivity contribution < 1.29 is 77.4 Å². The summed E-state index contributed by atoms with van der Waals surface area (Å²) in [7, 11) is 0. The number of ether oxygens (including phenoxy) is 3. The summed E-state index contributed by atoms with van der Waals surface area (Å²) in [5.74, 6) is 4.00. The largest absolute Gasteiger partial charge is 2.00 e. The molecular formula is C135H95N9O3Pt3. The number of pyridine rings is 6. The number of hydrogen-bond acceptors (Lipinski definition) is 9. The Morgan fingerprint density at radius 2 is 0.527 bits per heavy atom. The van der Waals surface area contributed by atoms with E-state index in [1.807, 2.05) is 128 Å². The first-order chi connectivity index (χ1) is 72.6. The Morgan fingerprint density at radius 1 is 0.233 bits per heavy atom. The molecule has 0 amide bonds. The summed E-state index contributed by atoms with van der Waals surface area (Å²) in [5, 5.41) is 9.67. The van der Waals surface area contributed by atoms with Gasteiger partial charge in [-0.25, -0.2) is 15.0 Å². The van der Waals surface area contributed by atoms with Crippen LogP contribution in [0.4, 0.5) is 0 Å². The number of aromatic nitrogens is 9. The maximum absolute atomic E-state index is 6.31. The monoisotopic (exact) mass is 2470 g/mol. The van der Waals surface area contributed by atoms with Crippen LogP contribution in [0.25, 0.3) is 104 Å². The zero-order valence-electron chi connectivity index (χ0n) is 82.1. The third kappa shape index (κ3) is 18.1. The van der Waals surface area contributed by atoms with Crippen molar-refractivity contribution in [1.29, 1.82) is 0 Å². The molecule has 9 heterocycles. The van der Waals surface area contributed by atoms with Crippen LogP contribution in [0.1, 0.15) is 117 Å². The van der Waals surface area contributed by atoms with Gasteiger partial charge in [0.1, 0.15) is 0 Å². The van der Waals surface area contributed by atoms with E-state index < -0.39 is 16.2 Å². The van der Waals surface area contributed by atoms with Crippen molar-refractivity contribution >= 4 is 82.0 Å². The molecule has 12 nitrogen and oxygen atoms in total. The molecule has 0 N–H and O–H groups in total. The molecule has 15 heteroatoms. The summed E-state index contributed by atoms with van der Waals surface area (Å²) in [6.45, 7) is 9.11. The molecule has 150 heavy (non-hydrogen) atoms. The van der Waals surface area contributed by atoms with Crippen LogP contribution in [-0.4, -0.2) is 43.1 Å². The molecule has 0 bridgehead atoms. The average Bonchev–Trinajstić information content (AvgIpc) is 1.35. The summed E-state index contributed by atoms with van der Waals surface area (Å²) in [6.07, 6.45) is 13.1. The van der Waals surface area contributed by atoms with Gasteiger partial charge in [0.25, 0.3) is 0 Å². The number of imidazole rings is 3. The molecule has 0 fully saturated rings. The number of para-hydroxylation sites is 3. The predicted molar refractivity (Wildman–Crippen MR) is 591 cm³/mol. The molecule has 0 unspecified atom stereocenters.